The zero-order chi connectivity index (χ0) is 22.8. The first kappa shape index (κ1) is 22.0. The van der Waals surface area contributed by atoms with Crippen LogP contribution in [-0.4, -0.2) is 33.7 Å². The van der Waals surface area contributed by atoms with Crippen molar-refractivity contribution in [3.63, 3.8) is 0 Å². The predicted octanol–water partition coefficient (Wildman–Crippen LogP) is 6.79. The Hall–Kier alpha value is -2.79. The molecule has 0 saturated heterocycles. The number of hydrogen-bond donors (Lipinski definition) is 1. The van der Waals surface area contributed by atoms with Crippen LogP contribution in [-0.2, 0) is 0 Å². The fourth-order valence-electron chi connectivity index (χ4n) is 5.17. The lowest BCUT2D eigenvalue weighted by molar-refractivity contribution is 0.0606. The Morgan fingerprint density at radius 1 is 1.12 bits per heavy atom. The summed E-state index contributed by atoms with van der Waals surface area (Å²) >= 11 is 6.13. The van der Waals surface area contributed by atoms with Crippen molar-refractivity contribution in [1.29, 1.82) is 0 Å². The number of fused-ring (bicyclic) bond motifs is 1. The molecule has 5 nitrogen and oxygen atoms in total. The van der Waals surface area contributed by atoms with E-state index in [2.05, 4.69) is 34.2 Å². The topological polar surface area (TPSA) is 58.2 Å². The summed E-state index contributed by atoms with van der Waals surface area (Å²) in [7, 11) is 0. The van der Waals surface area contributed by atoms with Gasteiger partial charge >= 0.3 is 0 Å². The molecule has 6 heteroatoms. The molecule has 1 aliphatic carbocycles. The van der Waals surface area contributed by atoms with Gasteiger partial charge in [-0.25, -0.2) is 0 Å². The molecule has 1 aliphatic heterocycles. The van der Waals surface area contributed by atoms with Gasteiger partial charge in [0.15, 0.2) is 0 Å². The summed E-state index contributed by atoms with van der Waals surface area (Å²) in [6.45, 7) is 2.85. The third-order valence-electron chi connectivity index (χ3n) is 6.83. The number of nitrogens with one attached hydrogen (secondary N) is 1. The summed E-state index contributed by atoms with van der Waals surface area (Å²) in [5.41, 5.74) is 4.40. The first-order valence-corrected chi connectivity index (χ1v) is 12.4. The fraction of sp³-hybridized carbons (Fsp3) is 0.407. The highest BCUT2D eigenvalue weighted by Gasteiger charge is 2.45. The second-order valence-electron chi connectivity index (χ2n) is 9.05. The van der Waals surface area contributed by atoms with E-state index in [4.69, 9.17) is 16.3 Å². The Morgan fingerprint density at radius 3 is 2.67 bits per heavy atom. The highest BCUT2D eigenvalue weighted by Crippen LogP contribution is 2.46. The van der Waals surface area contributed by atoms with E-state index in [9.17, 15) is 4.79 Å². The lowest BCUT2D eigenvalue weighted by Crippen LogP contribution is -2.40. The maximum Gasteiger partial charge on any atom is 0.273 e. The molecule has 2 heterocycles. The maximum atomic E-state index is 13.7. The van der Waals surface area contributed by atoms with Gasteiger partial charge in [0.2, 0.25) is 0 Å². The second-order valence-corrected chi connectivity index (χ2v) is 9.49. The van der Waals surface area contributed by atoms with Crippen LogP contribution in [0.5, 0.6) is 5.75 Å². The standard InChI is InChI=1S/C27H30ClN3O2/c1-2-3-16-33-22-11-7-8-19(17-22)26-23-24(18-12-14-20(28)15-13-18)29-30-25(23)27(32)31(26)21-9-5-4-6-10-21/h7-8,11-15,17,21,26H,2-6,9-10,16H2,1H3,(H,29,30). The molecular weight excluding hydrogens is 434 g/mol. The van der Waals surface area contributed by atoms with Crippen LogP contribution in [0.25, 0.3) is 11.3 Å². The van der Waals surface area contributed by atoms with E-state index < -0.39 is 0 Å². The lowest BCUT2D eigenvalue weighted by Gasteiger charge is -2.36. The third kappa shape index (κ3) is 4.26. The van der Waals surface area contributed by atoms with Crippen molar-refractivity contribution in [3.8, 4) is 17.0 Å². The smallest absolute Gasteiger partial charge is 0.273 e. The predicted molar refractivity (Wildman–Crippen MR) is 131 cm³/mol. The highest BCUT2D eigenvalue weighted by atomic mass is 35.5. The van der Waals surface area contributed by atoms with Crippen LogP contribution in [0, 0.1) is 0 Å². The van der Waals surface area contributed by atoms with Gasteiger partial charge in [0.25, 0.3) is 5.91 Å². The fourth-order valence-corrected chi connectivity index (χ4v) is 5.29. The maximum absolute atomic E-state index is 13.7. The molecule has 1 aromatic heterocycles. The average Bonchev–Trinajstić information content (AvgIpc) is 3.39. The first-order chi connectivity index (χ1) is 16.2. The van der Waals surface area contributed by atoms with E-state index in [1.807, 2.05) is 36.4 Å². The minimum Gasteiger partial charge on any atom is -0.494 e. The number of aromatic nitrogens is 2. The quantitative estimate of drug-likeness (QED) is 0.392. The Morgan fingerprint density at radius 2 is 1.91 bits per heavy atom. The monoisotopic (exact) mass is 463 g/mol. The van der Waals surface area contributed by atoms with E-state index in [1.54, 1.807) is 0 Å². The summed E-state index contributed by atoms with van der Waals surface area (Å²) in [6.07, 6.45) is 7.77. The van der Waals surface area contributed by atoms with Crippen LogP contribution in [0.15, 0.2) is 48.5 Å². The van der Waals surface area contributed by atoms with Crippen molar-refractivity contribution in [2.75, 3.05) is 6.61 Å². The summed E-state index contributed by atoms with van der Waals surface area (Å²) in [5.74, 6) is 0.897. The number of halogens is 1. The molecule has 1 fully saturated rings. The molecule has 1 atom stereocenters. The summed E-state index contributed by atoms with van der Waals surface area (Å²) in [4.78, 5) is 15.8. The number of amides is 1. The zero-order valence-electron chi connectivity index (χ0n) is 19.0. The van der Waals surface area contributed by atoms with E-state index >= 15 is 0 Å². The molecule has 1 saturated carbocycles. The Kier molecular flexibility index (Phi) is 6.41. The molecule has 2 aliphatic rings. The van der Waals surface area contributed by atoms with Crippen LogP contribution in [0.2, 0.25) is 5.02 Å². The molecule has 1 unspecified atom stereocenters. The van der Waals surface area contributed by atoms with Crippen molar-refractivity contribution >= 4 is 17.5 Å². The molecule has 0 bridgehead atoms. The van der Waals surface area contributed by atoms with Crippen LogP contribution in [0.1, 0.15) is 79.5 Å². The van der Waals surface area contributed by atoms with Gasteiger partial charge in [-0.15, -0.1) is 0 Å². The second kappa shape index (κ2) is 9.60. The largest absolute Gasteiger partial charge is 0.494 e. The van der Waals surface area contributed by atoms with Crippen molar-refractivity contribution in [2.45, 2.75) is 64.0 Å². The molecular formula is C27H30ClN3O2. The molecule has 3 aromatic rings. The van der Waals surface area contributed by atoms with Gasteiger partial charge < -0.3 is 9.64 Å². The Labute approximate surface area is 200 Å². The molecule has 5 rings (SSSR count). The van der Waals surface area contributed by atoms with Crippen LogP contribution in [0.4, 0.5) is 0 Å². The van der Waals surface area contributed by atoms with Gasteiger partial charge in [-0.3, -0.25) is 9.89 Å². The summed E-state index contributed by atoms with van der Waals surface area (Å²) in [5, 5.41) is 8.33. The number of aromatic amines is 1. The number of rotatable bonds is 7. The van der Waals surface area contributed by atoms with Crippen LogP contribution >= 0.6 is 11.6 Å². The number of H-pyrrole nitrogens is 1. The molecule has 172 valence electrons. The van der Waals surface area contributed by atoms with E-state index in [0.29, 0.717) is 17.3 Å². The van der Waals surface area contributed by atoms with Gasteiger partial charge in [0, 0.05) is 22.2 Å². The van der Waals surface area contributed by atoms with Crippen LogP contribution < -0.4 is 4.74 Å². The number of nitrogens with zero attached hydrogens (tertiary/aromatic N) is 2. The van der Waals surface area contributed by atoms with Crippen molar-refractivity contribution in [1.82, 2.24) is 15.1 Å². The van der Waals surface area contributed by atoms with Crippen molar-refractivity contribution < 1.29 is 9.53 Å². The molecule has 33 heavy (non-hydrogen) atoms. The molecule has 0 spiro atoms. The average molecular weight is 464 g/mol. The van der Waals surface area contributed by atoms with Crippen molar-refractivity contribution in [3.05, 3.63) is 70.4 Å². The Balaban J connectivity index is 1.59. The van der Waals surface area contributed by atoms with Gasteiger partial charge in [0.1, 0.15) is 11.4 Å². The molecule has 1 N–H and O–H groups in total. The lowest BCUT2D eigenvalue weighted by atomic mass is 9.91. The number of benzene rings is 2. The highest BCUT2D eigenvalue weighted by molar-refractivity contribution is 6.30. The normalized spacial score (nSPS) is 18.5. The number of hydrogen-bond acceptors (Lipinski definition) is 3. The summed E-state index contributed by atoms with van der Waals surface area (Å²) < 4.78 is 6.01. The van der Waals surface area contributed by atoms with Gasteiger partial charge in [-0.05, 0) is 49.1 Å². The van der Waals surface area contributed by atoms with E-state index in [0.717, 1.165) is 66.7 Å². The molecule has 2 aromatic carbocycles. The zero-order valence-corrected chi connectivity index (χ0v) is 19.8. The number of carbonyl (C=O) groups is 1. The number of ether oxygens (including phenoxy) is 1. The Bertz CT molecular complexity index is 1120. The summed E-state index contributed by atoms with van der Waals surface area (Å²) in [6, 6.07) is 15.9. The van der Waals surface area contributed by atoms with Gasteiger partial charge in [-0.1, -0.05) is 68.5 Å². The van der Waals surface area contributed by atoms with Gasteiger partial charge in [-0.2, -0.15) is 5.10 Å². The van der Waals surface area contributed by atoms with Crippen molar-refractivity contribution in [2.24, 2.45) is 0 Å². The SMILES string of the molecule is CCCCOc1cccc(C2c3c(-c4ccc(Cl)cc4)n[nH]c3C(=O)N2C2CCCCC2)c1. The molecule has 1 amide bonds. The minimum atomic E-state index is -0.185. The third-order valence-corrected chi connectivity index (χ3v) is 7.08. The van der Waals surface area contributed by atoms with Gasteiger partial charge in [0.05, 0.1) is 18.3 Å². The van der Waals surface area contributed by atoms with E-state index in [-0.39, 0.29) is 18.0 Å². The van der Waals surface area contributed by atoms with Crippen LogP contribution in [0.3, 0.4) is 0 Å². The minimum absolute atomic E-state index is 0.0481. The first-order valence-electron chi connectivity index (χ1n) is 12.1. The number of unbranched alkanes of at least 4 members (excludes halogenated alkanes) is 1. The number of carbonyl (C=O) groups excluding carboxylic acids is 1. The van der Waals surface area contributed by atoms with E-state index in [1.165, 1.54) is 6.42 Å². The molecule has 0 radical (unpaired) electrons.